The molecule has 3 rings (SSSR count). The third kappa shape index (κ3) is 2.50. The first-order chi connectivity index (χ1) is 11.5. The van der Waals surface area contributed by atoms with Gasteiger partial charge in [0, 0.05) is 32.3 Å². The zero-order chi connectivity index (χ0) is 17.4. The molecule has 0 radical (unpaired) electrons. The average Bonchev–Trinajstić information content (AvgIpc) is 2.56. The molecule has 2 aromatic carbocycles. The first-order valence-electron chi connectivity index (χ1n) is 7.71. The normalized spacial score (nSPS) is 12.9. The summed E-state index contributed by atoms with van der Waals surface area (Å²) in [5.41, 5.74) is 14.0. The molecule has 1 aliphatic rings. The fraction of sp³-hybridized carbons (Fsp3) is 0.222. The van der Waals surface area contributed by atoms with Gasteiger partial charge < -0.3 is 11.5 Å². The van der Waals surface area contributed by atoms with Crippen molar-refractivity contribution in [2.45, 2.75) is 23.6 Å². The zero-order valence-electron chi connectivity index (χ0n) is 13.5. The maximum atomic E-state index is 13.2. The summed E-state index contributed by atoms with van der Waals surface area (Å²) in [4.78, 5) is 28.0. The number of ketones is 2. The second kappa shape index (κ2) is 6.53. The van der Waals surface area contributed by atoms with Crippen molar-refractivity contribution in [2.75, 3.05) is 23.0 Å². The number of anilines is 2. The lowest BCUT2D eigenvalue weighted by Crippen LogP contribution is -2.25. The van der Waals surface area contributed by atoms with Gasteiger partial charge in [-0.1, -0.05) is 13.8 Å². The lowest BCUT2D eigenvalue weighted by Gasteiger charge is -2.24. The average molecular weight is 358 g/mol. The van der Waals surface area contributed by atoms with E-state index in [0.29, 0.717) is 22.5 Å². The Kier molecular flexibility index (Phi) is 4.60. The van der Waals surface area contributed by atoms with Crippen molar-refractivity contribution in [1.82, 2.24) is 0 Å². The highest BCUT2D eigenvalue weighted by molar-refractivity contribution is 7.99. The van der Waals surface area contributed by atoms with Crippen LogP contribution < -0.4 is 11.5 Å². The highest BCUT2D eigenvalue weighted by atomic mass is 32.2. The molecule has 1 aliphatic carbocycles. The monoisotopic (exact) mass is 358 g/mol. The number of thioether (sulfide) groups is 2. The molecule has 2 aromatic rings. The number of rotatable bonds is 4. The van der Waals surface area contributed by atoms with Crippen LogP contribution in [-0.4, -0.2) is 23.1 Å². The SMILES string of the molecule is CCSc1ccc(SCC)c2c1C(=O)c1c(N)ccc(N)c1C2=O. The van der Waals surface area contributed by atoms with Crippen molar-refractivity contribution in [2.24, 2.45) is 0 Å². The number of hydrogen-bond acceptors (Lipinski definition) is 6. The Morgan fingerprint density at radius 2 is 1.08 bits per heavy atom. The summed E-state index contributed by atoms with van der Waals surface area (Å²) in [6.07, 6.45) is 0. The Bertz CT molecular complexity index is 793. The minimum absolute atomic E-state index is 0.209. The van der Waals surface area contributed by atoms with Gasteiger partial charge in [-0.2, -0.15) is 0 Å². The van der Waals surface area contributed by atoms with E-state index in [1.165, 1.54) is 0 Å². The van der Waals surface area contributed by atoms with Gasteiger partial charge in [-0.3, -0.25) is 9.59 Å². The quantitative estimate of drug-likeness (QED) is 0.544. The first-order valence-corrected chi connectivity index (χ1v) is 9.68. The molecule has 0 atom stereocenters. The van der Waals surface area contributed by atoms with Gasteiger partial charge in [0.2, 0.25) is 0 Å². The van der Waals surface area contributed by atoms with E-state index in [2.05, 4.69) is 0 Å². The van der Waals surface area contributed by atoms with E-state index in [1.54, 1.807) is 35.7 Å². The minimum Gasteiger partial charge on any atom is -0.398 e. The summed E-state index contributed by atoms with van der Waals surface area (Å²) in [6.45, 7) is 4.03. The molecule has 0 saturated heterocycles. The lowest BCUT2D eigenvalue weighted by molar-refractivity contribution is 0.0976. The van der Waals surface area contributed by atoms with Crippen LogP contribution in [0.4, 0.5) is 11.4 Å². The van der Waals surface area contributed by atoms with Gasteiger partial charge in [-0.15, -0.1) is 23.5 Å². The molecular weight excluding hydrogens is 340 g/mol. The molecule has 4 nitrogen and oxygen atoms in total. The van der Waals surface area contributed by atoms with Crippen LogP contribution in [0.15, 0.2) is 34.1 Å². The number of carbonyl (C=O) groups is 2. The molecule has 0 unspecified atom stereocenters. The Labute approximate surface area is 149 Å². The maximum Gasteiger partial charge on any atom is 0.197 e. The number of fused-ring (bicyclic) bond motifs is 2. The molecule has 0 aromatic heterocycles. The van der Waals surface area contributed by atoms with Gasteiger partial charge in [0.25, 0.3) is 0 Å². The van der Waals surface area contributed by atoms with E-state index in [9.17, 15) is 9.59 Å². The van der Waals surface area contributed by atoms with E-state index in [0.717, 1.165) is 21.3 Å². The summed E-state index contributed by atoms with van der Waals surface area (Å²) < 4.78 is 0. The topological polar surface area (TPSA) is 86.2 Å². The van der Waals surface area contributed by atoms with Crippen LogP contribution in [0, 0.1) is 0 Å². The van der Waals surface area contributed by atoms with Crippen LogP contribution in [0.1, 0.15) is 45.7 Å². The fourth-order valence-corrected chi connectivity index (χ4v) is 4.57. The van der Waals surface area contributed by atoms with Crippen LogP contribution in [0.5, 0.6) is 0 Å². The van der Waals surface area contributed by atoms with Gasteiger partial charge >= 0.3 is 0 Å². The van der Waals surface area contributed by atoms with Crippen LogP contribution in [0.2, 0.25) is 0 Å². The molecule has 0 amide bonds. The Morgan fingerprint density at radius 1 is 0.708 bits per heavy atom. The second-order valence-electron chi connectivity index (χ2n) is 5.33. The van der Waals surface area contributed by atoms with E-state index >= 15 is 0 Å². The Hall–Kier alpha value is -1.92. The third-order valence-electron chi connectivity index (χ3n) is 3.91. The fourth-order valence-electron chi connectivity index (χ4n) is 2.94. The molecule has 0 aliphatic heterocycles. The molecule has 0 heterocycles. The smallest absolute Gasteiger partial charge is 0.197 e. The molecule has 124 valence electrons. The Morgan fingerprint density at radius 3 is 1.42 bits per heavy atom. The summed E-state index contributed by atoms with van der Waals surface area (Å²) in [6, 6.07) is 7.01. The van der Waals surface area contributed by atoms with Crippen LogP contribution in [0.25, 0.3) is 0 Å². The summed E-state index contributed by atoms with van der Waals surface area (Å²) >= 11 is 3.11. The first kappa shape index (κ1) is 16.9. The van der Waals surface area contributed by atoms with Crippen molar-refractivity contribution >= 4 is 46.5 Å². The highest BCUT2D eigenvalue weighted by Gasteiger charge is 2.36. The van der Waals surface area contributed by atoms with Crippen molar-refractivity contribution in [3.05, 3.63) is 46.5 Å². The van der Waals surface area contributed by atoms with Gasteiger partial charge in [0.1, 0.15) is 0 Å². The van der Waals surface area contributed by atoms with Crippen molar-refractivity contribution in [1.29, 1.82) is 0 Å². The molecule has 0 bridgehead atoms. The number of carbonyl (C=O) groups excluding carboxylic acids is 2. The van der Waals surface area contributed by atoms with Gasteiger partial charge in [-0.05, 0) is 35.8 Å². The van der Waals surface area contributed by atoms with Crippen molar-refractivity contribution < 1.29 is 9.59 Å². The van der Waals surface area contributed by atoms with Crippen molar-refractivity contribution in [3.8, 4) is 0 Å². The number of nitrogens with two attached hydrogens (primary N) is 2. The molecule has 6 heteroatoms. The molecule has 0 fully saturated rings. The van der Waals surface area contributed by atoms with Crippen LogP contribution in [-0.2, 0) is 0 Å². The predicted molar refractivity (Wildman–Crippen MR) is 101 cm³/mol. The largest absolute Gasteiger partial charge is 0.398 e. The number of hydrogen-bond donors (Lipinski definition) is 2. The third-order valence-corrected chi connectivity index (χ3v) is 5.79. The molecule has 24 heavy (non-hydrogen) atoms. The van der Waals surface area contributed by atoms with E-state index in [1.807, 2.05) is 26.0 Å². The van der Waals surface area contributed by atoms with Crippen molar-refractivity contribution in [3.63, 3.8) is 0 Å². The van der Waals surface area contributed by atoms with Gasteiger partial charge in [0.05, 0.1) is 11.1 Å². The maximum absolute atomic E-state index is 13.2. The minimum atomic E-state index is -0.209. The van der Waals surface area contributed by atoms with Crippen LogP contribution in [0.3, 0.4) is 0 Å². The number of nitrogen functional groups attached to an aromatic ring is 2. The standard InChI is InChI=1S/C18H18N2O2S2/c1-3-23-11-7-8-12(24-4-2)16-15(11)17(21)13-9(19)5-6-10(20)14(13)18(16)22/h5-8H,3-4,19-20H2,1-2H3. The van der Waals surface area contributed by atoms with E-state index in [4.69, 9.17) is 11.5 Å². The zero-order valence-corrected chi connectivity index (χ0v) is 15.1. The molecule has 4 N–H and O–H groups in total. The molecular formula is C18H18N2O2S2. The van der Waals surface area contributed by atoms with Crippen LogP contribution >= 0.6 is 23.5 Å². The molecule has 0 saturated carbocycles. The molecule has 0 spiro atoms. The summed E-state index contributed by atoms with van der Waals surface area (Å²) in [7, 11) is 0. The number of benzene rings is 2. The van der Waals surface area contributed by atoms with E-state index < -0.39 is 0 Å². The van der Waals surface area contributed by atoms with Gasteiger partial charge in [0.15, 0.2) is 11.6 Å². The van der Waals surface area contributed by atoms with E-state index in [-0.39, 0.29) is 22.7 Å². The Balaban J connectivity index is 2.36. The summed E-state index contributed by atoms with van der Waals surface area (Å²) in [5, 5.41) is 0. The summed E-state index contributed by atoms with van der Waals surface area (Å²) in [5.74, 6) is 1.21. The highest BCUT2D eigenvalue weighted by Crippen LogP contribution is 2.41. The lowest BCUT2D eigenvalue weighted by atomic mass is 9.82. The second-order valence-corrected chi connectivity index (χ2v) is 7.94. The van der Waals surface area contributed by atoms with Gasteiger partial charge in [-0.25, -0.2) is 0 Å². The predicted octanol–water partition coefficient (Wildman–Crippen LogP) is 3.85.